The van der Waals surface area contributed by atoms with E-state index in [1.807, 2.05) is 0 Å². The number of pyridine rings is 1. The lowest BCUT2D eigenvalue weighted by Gasteiger charge is -2.27. The summed E-state index contributed by atoms with van der Waals surface area (Å²) in [5, 5.41) is 2.87. The van der Waals surface area contributed by atoms with E-state index < -0.39 is 5.91 Å². The van der Waals surface area contributed by atoms with Crippen LogP contribution in [0.15, 0.2) is 66.9 Å². The maximum Gasteiger partial charge on any atom is 0.274 e. The molecule has 4 rings (SSSR count). The molecule has 0 atom stereocenters. The van der Waals surface area contributed by atoms with Crippen molar-refractivity contribution in [2.75, 3.05) is 10.2 Å². The van der Waals surface area contributed by atoms with Gasteiger partial charge in [0.2, 0.25) is 5.91 Å². The number of nitrogens with zero attached hydrogens (tertiary/aromatic N) is 2. The standard InChI is InChI=1S/C21H14ClN3O3/c22-16-12-14(24-20(27)17-7-3-4-10-23-17)8-9-18(16)25-19(26)11-13-5-1-2-6-15(13)21(25)28/h1-10,12H,11H2,(H,24,27). The van der Waals surface area contributed by atoms with Crippen LogP contribution in [0.5, 0.6) is 0 Å². The Kier molecular flexibility index (Phi) is 4.63. The van der Waals surface area contributed by atoms with Crippen LogP contribution in [-0.2, 0) is 11.2 Å². The summed E-state index contributed by atoms with van der Waals surface area (Å²) in [6, 6.07) is 16.6. The zero-order valence-corrected chi connectivity index (χ0v) is 15.3. The van der Waals surface area contributed by atoms with Crippen LogP contribution in [0.1, 0.15) is 26.4 Å². The maximum atomic E-state index is 12.8. The molecule has 0 fully saturated rings. The van der Waals surface area contributed by atoms with Gasteiger partial charge in [0.05, 0.1) is 17.1 Å². The van der Waals surface area contributed by atoms with Crippen LogP contribution in [-0.4, -0.2) is 22.7 Å². The number of fused-ring (bicyclic) bond motifs is 1. The van der Waals surface area contributed by atoms with Gasteiger partial charge in [0, 0.05) is 17.4 Å². The second-order valence-corrected chi connectivity index (χ2v) is 6.61. The first kappa shape index (κ1) is 17.9. The summed E-state index contributed by atoms with van der Waals surface area (Å²) in [6.07, 6.45) is 1.65. The highest BCUT2D eigenvalue weighted by Crippen LogP contribution is 2.33. The molecule has 6 nitrogen and oxygen atoms in total. The monoisotopic (exact) mass is 391 g/mol. The molecule has 0 aliphatic carbocycles. The molecule has 0 spiro atoms. The largest absolute Gasteiger partial charge is 0.321 e. The van der Waals surface area contributed by atoms with Gasteiger partial charge in [-0.15, -0.1) is 0 Å². The minimum atomic E-state index is -0.418. The number of carbonyl (C=O) groups is 3. The molecule has 3 amide bonds. The Morgan fingerprint density at radius 3 is 2.57 bits per heavy atom. The van der Waals surface area contributed by atoms with Crippen LogP contribution in [0, 0.1) is 0 Å². The van der Waals surface area contributed by atoms with E-state index in [-0.39, 0.29) is 34.6 Å². The topological polar surface area (TPSA) is 79.4 Å². The molecule has 3 aromatic rings. The first-order valence-corrected chi connectivity index (χ1v) is 8.89. The third-order valence-corrected chi connectivity index (χ3v) is 4.69. The van der Waals surface area contributed by atoms with Gasteiger partial charge in [-0.2, -0.15) is 0 Å². The van der Waals surface area contributed by atoms with E-state index in [1.165, 1.54) is 12.3 Å². The maximum absolute atomic E-state index is 12.8. The number of carbonyl (C=O) groups excluding carboxylic acids is 3. The van der Waals surface area contributed by atoms with Gasteiger partial charge in [0.25, 0.3) is 11.8 Å². The van der Waals surface area contributed by atoms with E-state index >= 15 is 0 Å². The lowest BCUT2D eigenvalue weighted by Crippen LogP contribution is -2.42. The molecule has 1 N–H and O–H groups in total. The van der Waals surface area contributed by atoms with Crippen molar-refractivity contribution >= 4 is 40.7 Å². The van der Waals surface area contributed by atoms with E-state index in [0.717, 1.165) is 4.90 Å². The van der Waals surface area contributed by atoms with Crippen molar-refractivity contribution in [3.63, 3.8) is 0 Å². The van der Waals surface area contributed by atoms with Gasteiger partial charge >= 0.3 is 0 Å². The molecule has 0 unspecified atom stereocenters. The van der Waals surface area contributed by atoms with Crippen molar-refractivity contribution in [2.24, 2.45) is 0 Å². The Labute approximate surface area is 165 Å². The van der Waals surface area contributed by atoms with Gasteiger partial charge in [0.1, 0.15) is 5.69 Å². The fourth-order valence-electron chi connectivity index (χ4n) is 3.06. The Bertz CT molecular complexity index is 1100. The molecule has 0 bridgehead atoms. The molecule has 0 saturated heterocycles. The Balaban J connectivity index is 1.61. The number of rotatable bonds is 3. The summed E-state index contributed by atoms with van der Waals surface area (Å²) in [5.41, 5.74) is 2.15. The smallest absolute Gasteiger partial charge is 0.274 e. The highest BCUT2D eigenvalue weighted by atomic mass is 35.5. The molecular formula is C21H14ClN3O3. The number of anilines is 2. The molecular weight excluding hydrogens is 378 g/mol. The SMILES string of the molecule is O=C(Nc1ccc(N2C(=O)Cc3ccccc3C2=O)c(Cl)c1)c1ccccn1. The fraction of sp³-hybridized carbons (Fsp3) is 0.0476. The molecule has 1 aliphatic rings. The predicted octanol–water partition coefficient (Wildman–Crippen LogP) is 3.72. The lowest BCUT2D eigenvalue weighted by molar-refractivity contribution is -0.117. The van der Waals surface area contributed by atoms with Crippen molar-refractivity contribution in [1.82, 2.24) is 4.98 Å². The van der Waals surface area contributed by atoms with E-state index in [2.05, 4.69) is 10.3 Å². The van der Waals surface area contributed by atoms with Gasteiger partial charge in [-0.1, -0.05) is 35.9 Å². The van der Waals surface area contributed by atoms with Crippen LogP contribution >= 0.6 is 11.6 Å². The molecule has 0 radical (unpaired) electrons. The van der Waals surface area contributed by atoms with E-state index in [4.69, 9.17) is 11.6 Å². The van der Waals surface area contributed by atoms with Gasteiger partial charge in [0.15, 0.2) is 0 Å². The summed E-state index contributed by atoms with van der Waals surface area (Å²) in [4.78, 5) is 42.6. The van der Waals surface area contributed by atoms with Crippen molar-refractivity contribution in [1.29, 1.82) is 0 Å². The molecule has 138 valence electrons. The number of nitrogens with one attached hydrogen (secondary N) is 1. The lowest BCUT2D eigenvalue weighted by atomic mass is 9.98. The number of benzene rings is 2. The Hall–Kier alpha value is -3.51. The van der Waals surface area contributed by atoms with Crippen LogP contribution in [0.25, 0.3) is 0 Å². The van der Waals surface area contributed by atoms with E-state index in [0.29, 0.717) is 16.8 Å². The van der Waals surface area contributed by atoms with Gasteiger partial charge in [-0.3, -0.25) is 19.4 Å². The third kappa shape index (κ3) is 3.25. The molecule has 2 aromatic carbocycles. The summed E-state index contributed by atoms with van der Waals surface area (Å²) >= 11 is 6.34. The molecule has 0 saturated carbocycles. The first-order valence-electron chi connectivity index (χ1n) is 8.52. The summed E-state index contributed by atoms with van der Waals surface area (Å²) in [5.74, 6) is -1.15. The molecule has 2 heterocycles. The Morgan fingerprint density at radius 1 is 1.04 bits per heavy atom. The van der Waals surface area contributed by atoms with Crippen molar-refractivity contribution in [2.45, 2.75) is 6.42 Å². The number of halogens is 1. The minimum absolute atomic E-state index is 0.121. The molecule has 28 heavy (non-hydrogen) atoms. The number of amides is 3. The highest BCUT2D eigenvalue weighted by Gasteiger charge is 2.33. The van der Waals surface area contributed by atoms with Crippen molar-refractivity contribution < 1.29 is 14.4 Å². The molecule has 1 aromatic heterocycles. The zero-order chi connectivity index (χ0) is 19.7. The number of hydrogen-bond acceptors (Lipinski definition) is 4. The second kappa shape index (κ2) is 7.25. The number of hydrogen-bond donors (Lipinski definition) is 1. The summed E-state index contributed by atoms with van der Waals surface area (Å²) in [7, 11) is 0. The third-order valence-electron chi connectivity index (χ3n) is 4.39. The quantitative estimate of drug-likeness (QED) is 0.690. The first-order chi connectivity index (χ1) is 13.5. The van der Waals surface area contributed by atoms with Gasteiger partial charge in [-0.25, -0.2) is 4.90 Å². The average molecular weight is 392 g/mol. The summed E-state index contributed by atoms with van der Waals surface area (Å²) in [6.45, 7) is 0. The normalized spacial score (nSPS) is 13.2. The van der Waals surface area contributed by atoms with Gasteiger partial charge < -0.3 is 5.32 Å². The van der Waals surface area contributed by atoms with Crippen molar-refractivity contribution in [3.8, 4) is 0 Å². The average Bonchev–Trinajstić information content (AvgIpc) is 2.70. The van der Waals surface area contributed by atoms with Gasteiger partial charge in [-0.05, 0) is 42.0 Å². The molecule has 1 aliphatic heterocycles. The van der Waals surface area contributed by atoms with Crippen LogP contribution in [0.4, 0.5) is 11.4 Å². The summed E-state index contributed by atoms with van der Waals surface area (Å²) < 4.78 is 0. The minimum Gasteiger partial charge on any atom is -0.321 e. The fourth-order valence-corrected chi connectivity index (χ4v) is 3.33. The Morgan fingerprint density at radius 2 is 1.82 bits per heavy atom. The zero-order valence-electron chi connectivity index (χ0n) is 14.6. The van der Waals surface area contributed by atoms with Crippen LogP contribution in [0.2, 0.25) is 5.02 Å². The number of aromatic nitrogens is 1. The second-order valence-electron chi connectivity index (χ2n) is 6.20. The van der Waals surface area contributed by atoms with Crippen molar-refractivity contribution in [3.05, 3.63) is 88.7 Å². The van der Waals surface area contributed by atoms with E-state index in [1.54, 1.807) is 54.6 Å². The molecule has 7 heteroatoms. The highest BCUT2D eigenvalue weighted by molar-refractivity contribution is 6.36. The van der Waals surface area contributed by atoms with Crippen LogP contribution in [0.3, 0.4) is 0 Å². The van der Waals surface area contributed by atoms with E-state index in [9.17, 15) is 14.4 Å². The predicted molar refractivity (Wildman–Crippen MR) is 106 cm³/mol. The number of imide groups is 1. The van der Waals surface area contributed by atoms with Crippen LogP contribution < -0.4 is 10.2 Å².